The number of nitrogens with one attached hydrogen (secondary N) is 1. The third-order valence-electron chi connectivity index (χ3n) is 3.00. The summed E-state index contributed by atoms with van der Waals surface area (Å²) in [6.07, 6.45) is 0.594. The van der Waals surface area contributed by atoms with Gasteiger partial charge in [-0.05, 0) is 30.5 Å². The van der Waals surface area contributed by atoms with Crippen molar-refractivity contribution in [1.29, 1.82) is 0 Å². The second kappa shape index (κ2) is 9.44. The van der Waals surface area contributed by atoms with Crippen molar-refractivity contribution in [1.82, 2.24) is 4.72 Å². The maximum atomic E-state index is 12.5. The zero-order chi connectivity index (χ0) is 16.9. The first-order chi connectivity index (χ1) is 10.2. The second-order valence-corrected chi connectivity index (χ2v) is 7.43. The minimum atomic E-state index is -3.91. The van der Waals surface area contributed by atoms with Gasteiger partial charge in [0.1, 0.15) is 0 Å². The molecule has 6 nitrogen and oxygen atoms in total. The monoisotopic (exact) mass is 384 g/mol. The van der Waals surface area contributed by atoms with Crippen LogP contribution in [0.25, 0.3) is 0 Å². The van der Waals surface area contributed by atoms with E-state index >= 15 is 0 Å². The fourth-order valence-corrected chi connectivity index (χ4v) is 3.66. The Balaban J connectivity index is 0.00000484. The van der Waals surface area contributed by atoms with Crippen LogP contribution in [0.15, 0.2) is 23.1 Å². The van der Waals surface area contributed by atoms with Gasteiger partial charge in [0, 0.05) is 17.6 Å². The minimum absolute atomic E-state index is 0. The topological polar surface area (TPSA) is 98.5 Å². The number of ether oxygens (including phenoxy) is 1. The number of esters is 1. The van der Waals surface area contributed by atoms with E-state index in [1.807, 2.05) is 13.8 Å². The molecule has 0 spiro atoms. The van der Waals surface area contributed by atoms with Gasteiger partial charge in [-0.3, -0.25) is 0 Å². The molecule has 0 heterocycles. The van der Waals surface area contributed by atoms with E-state index in [0.29, 0.717) is 6.42 Å². The Morgan fingerprint density at radius 1 is 1.39 bits per heavy atom. The van der Waals surface area contributed by atoms with Crippen LogP contribution in [0.3, 0.4) is 0 Å². The van der Waals surface area contributed by atoms with Gasteiger partial charge in [-0.25, -0.2) is 17.9 Å². The van der Waals surface area contributed by atoms with E-state index in [2.05, 4.69) is 9.46 Å². The zero-order valence-electron chi connectivity index (χ0n) is 13.2. The zero-order valence-corrected chi connectivity index (χ0v) is 15.6. The highest BCUT2D eigenvalue weighted by molar-refractivity contribution is 7.89. The number of methoxy groups -OCH3 is 1. The lowest BCUT2D eigenvalue weighted by molar-refractivity contribution is 0.0596. The first-order valence-electron chi connectivity index (χ1n) is 6.81. The number of carbonyl (C=O) groups is 1. The summed E-state index contributed by atoms with van der Waals surface area (Å²) in [6, 6.07) is 3.54. The molecule has 1 aromatic carbocycles. The Kier molecular flexibility index (Phi) is 9.09. The van der Waals surface area contributed by atoms with Gasteiger partial charge < -0.3 is 10.5 Å². The Hall–Kier alpha value is -0.860. The van der Waals surface area contributed by atoms with Crippen LogP contribution in [0.1, 0.15) is 30.6 Å². The number of rotatable bonds is 7. The summed E-state index contributed by atoms with van der Waals surface area (Å²) in [5.74, 6) is -0.488. The molecule has 3 N–H and O–H groups in total. The molecule has 1 aromatic rings. The lowest BCUT2D eigenvalue weighted by atomic mass is 10.1. The molecule has 0 amide bonds. The van der Waals surface area contributed by atoms with E-state index < -0.39 is 22.0 Å². The molecular weight excluding hydrogens is 363 g/mol. The van der Waals surface area contributed by atoms with Gasteiger partial charge in [0.15, 0.2) is 0 Å². The summed E-state index contributed by atoms with van der Waals surface area (Å²) >= 11 is 5.83. The molecule has 0 saturated heterocycles. The quantitative estimate of drug-likeness (QED) is 0.702. The van der Waals surface area contributed by atoms with Crippen LogP contribution < -0.4 is 10.5 Å². The van der Waals surface area contributed by atoms with Crippen molar-refractivity contribution in [2.75, 3.05) is 13.7 Å². The average Bonchev–Trinajstić information content (AvgIpc) is 2.44. The standard InChI is InChI=1S/C14H21ClN2O4S.ClH/c1-9(2)6-11(8-16)17-22(19,20)13-5-4-10(15)7-12(13)14(18)21-3;/h4-5,7,9,11,17H,6,8,16H2,1-3H3;1H. The van der Waals surface area contributed by atoms with Gasteiger partial charge in [0.2, 0.25) is 10.0 Å². The van der Waals surface area contributed by atoms with Crippen molar-refractivity contribution < 1.29 is 17.9 Å². The van der Waals surface area contributed by atoms with Crippen LogP contribution in [-0.4, -0.2) is 34.1 Å². The van der Waals surface area contributed by atoms with E-state index in [1.165, 1.54) is 25.3 Å². The highest BCUT2D eigenvalue weighted by Crippen LogP contribution is 2.22. The Morgan fingerprint density at radius 3 is 2.48 bits per heavy atom. The molecular formula is C14H22Cl2N2O4S. The molecule has 0 aliphatic rings. The fraction of sp³-hybridized carbons (Fsp3) is 0.500. The van der Waals surface area contributed by atoms with Crippen molar-refractivity contribution >= 4 is 40.0 Å². The van der Waals surface area contributed by atoms with Gasteiger partial charge in [0.25, 0.3) is 0 Å². The molecule has 0 saturated carbocycles. The van der Waals surface area contributed by atoms with Crippen molar-refractivity contribution in [3.63, 3.8) is 0 Å². The molecule has 0 fully saturated rings. The summed E-state index contributed by atoms with van der Waals surface area (Å²) < 4.78 is 32.2. The van der Waals surface area contributed by atoms with Crippen LogP contribution in [0.4, 0.5) is 0 Å². The largest absolute Gasteiger partial charge is 0.465 e. The molecule has 0 aromatic heterocycles. The van der Waals surface area contributed by atoms with E-state index in [1.54, 1.807) is 0 Å². The maximum absolute atomic E-state index is 12.5. The van der Waals surface area contributed by atoms with E-state index in [9.17, 15) is 13.2 Å². The number of hydrogen-bond donors (Lipinski definition) is 2. The maximum Gasteiger partial charge on any atom is 0.339 e. The second-order valence-electron chi connectivity index (χ2n) is 5.32. The van der Waals surface area contributed by atoms with Gasteiger partial charge in [-0.1, -0.05) is 25.4 Å². The summed E-state index contributed by atoms with van der Waals surface area (Å²) in [5, 5.41) is 0.247. The first kappa shape index (κ1) is 22.1. The van der Waals surface area contributed by atoms with Crippen LogP contribution in [0, 0.1) is 5.92 Å². The van der Waals surface area contributed by atoms with Gasteiger partial charge >= 0.3 is 5.97 Å². The minimum Gasteiger partial charge on any atom is -0.465 e. The molecule has 0 aliphatic heterocycles. The molecule has 0 aliphatic carbocycles. The van der Waals surface area contributed by atoms with Crippen molar-refractivity contribution in [3.8, 4) is 0 Å². The number of halogens is 2. The SMILES string of the molecule is COC(=O)c1cc(Cl)ccc1S(=O)(=O)NC(CN)CC(C)C.Cl. The number of sulfonamides is 1. The Morgan fingerprint density at radius 2 is 2.00 bits per heavy atom. The third kappa shape index (κ3) is 6.27. The number of hydrogen-bond acceptors (Lipinski definition) is 5. The Labute approximate surface area is 148 Å². The van der Waals surface area contributed by atoms with E-state index in [4.69, 9.17) is 17.3 Å². The smallest absolute Gasteiger partial charge is 0.339 e. The molecule has 0 radical (unpaired) electrons. The highest BCUT2D eigenvalue weighted by atomic mass is 35.5. The molecule has 0 bridgehead atoms. The molecule has 1 atom stereocenters. The van der Waals surface area contributed by atoms with Gasteiger partial charge in [0.05, 0.1) is 17.6 Å². The van der Waals surface area contributed by atoms with E-state index in [-0.39, 0.29) is 40.4 Å². The van der Waals surface area contributed by atoms with Crippen molar-refractivity contribution in [2.24, 2.45) is 11.7 Å². The molecule has 1 unspecified atom stereocenters. The highest BCUT2D eigenvalue weighted by Gasteiger charge is 2.26. The molecule has 23 heavy (non-hydrogen) atoms. The van der Waals surface area contributed by atoms with Gasteiger partial charge in [-0.15, -0.1) is 12.4 Å². The lowest BCUT2D eigenvalue weighted by Gasteiger charge is -2.19. The van der Waals surface area contributed by atoms with Crippen LogP contribution >= 0.6 is 24.0 Å². The van der Waals surface area contributed by atoms with Gasteiger partial charge in [-0.2, -0.15) is 0 Å². The van der Waals surface area contributed by atoms with Crippen molar-refractivity contribution in [2.45, 2.75) is 31.2 Å². The first-order valence-corrected chi connectivity index (χ1v) is 8.67. The molecule has 132 valence electrons. The number of nitrogens with two attached hydrogens (primary N) is 1. The predicted octanol–water partition coefficient (Wildman–Crippen LogP) is 2.20. The average molecular weight is 385 g/mol. The third-order valence-corrected chi connectivity index (χ3v) is 4.81. The normalized spacial score (nSPS) is 12.6. The van der Waals surface area contributed by atoms with E-state index in [0.717, 1.165) is 0 Å². The van der Waals surface area contributed by atoms with Crippen LogP contribution in [0.5, 0.6) is 0 Å². The van der Waals surface area contributed by atoms with Crippen LogP contribution in [-0.2, 0) is 14.8 Å². The van der Waals surface area contributed by atoms with Crippen molar-refractivity contribution in [3.05, 3.63) is 28.8 Å². The molecule has 9 heteroatoms. The lowest BCUT2D eigenvalue weighted by Crippen LogP contribution is -2.41. The van der Waals surface area contributed by atoms with Crippen LogP contribution in [0.2, 0.25) is 5.02 Å². The Bertz CT molecular complexity index is 636. The summed E-state index contributed by atoms with van der Waals surface area (Å²) in [6.45, 7) is 4.11. The number of carbonyl (C=O) groups excluding carboxylic acids is 1. The predicted molar refractivity (Wildman–Crippen MR) is 92.7 cm³/mol. The fourth-order valence-electron chi connectivity index (χ4n) is 2.05. The summed E-state index contributed by atoms with van der Waals surface area (Å²) in [7, 11) is -2.73. The molecule has 1 rings (SSSR count). The summed E-state index contributed by atoms with van der Waals surface area (Å²) in [4.78, 5) is 11.6. The number of benzene rings is 1. The summed E-state index contributed by atoms with van der Waals surface area (Å²) in [5.41, 5.74) is 5.51.